The number of aromatic nitrogens is 1. The van der Waals surface area contributed by atoms with Crippen molar-refractivity contribution in [2.75, 3.05) is 0 Å². The van der Waals surface area contributed by atoms with Crippen LogP contribution in [0.4, 0.5) is 0 Å². The number of aryl methyl sites for hydroxylation is 4. The monoisotopic (exact) mass is 247 g/mol. The Labute approximate surface area is 109 Å². The summed E-state index contributed by atoms with van der Waals surface area (Å²) in [6.45, 7) is 12.4. The molecule has 17 heavy (non-hydrogen) atoms. The molecule has 0 bridgehead atoms. The van der Waals surface area contributed by atoms with Crippen LogP contribution in [0.2, 0.25) is 0 Å². The fourth-order valence-corrected chi connectivity index (χ4v) is 2.60. The largest absolute Gasteiger partial charge is 0.246 e. The first-order valence-electron chi connectivity index (χ1n) is 6.09. The van der Waals surface area contributed by atoms with Gasteiger partial charge in [0.1, 0.15) is 0 Å². The van der Waals surface area contributed by atoms with Crippen LogP contribution in [0.25, 0.3) is 10.4 Å². The van der Waals surface area contributed by atoms with Gasteiger partial charge in [-0.25, -0.2) is 4.98 Å². The predicted molar refractivity (Wildman–Crippen MR) is 77.8 cm³/mol. The highest BCUT2D eigenvalue weighted by Crippen LogP contribution is 2.30. The molecule has 0 saturated carbocycles. The third-order valence-electron chi connectivity index (χ3n) is 2.67. The van der Waals surface area contributed by atoms with Crippen LogP contribution in [0, 0.1) is 27.7 Å². The Bertz CT molecular complexity index is 498. The number of hydrogen-bond donors (Lipinski definition) is 0. The maximum Gasteiger partial charge on any atom is 0.0903 e. The van der Waals surface area contributed by atoms with E-state index in [9.17, 15) is 0 Å². The summed E-state index contributed by atoms with van der Waals surface area (Å²) in [6, 6.07) is 6.61. The summed E-state index contributed by atoms with van der Waals surface area (Å²) < 4.78 is 0. The van der Waals surface area contributed by atoms with Crippen LogP contribution in [0.1, 0.15) is 35.7 Å². The summed E-state index contributed by atoms with van der Waals surface area (Å²) in [6.07, 6.45) is 0. The summed E-state index contributed by atoms with van der Waals surface area (Å²) in [5.74, 6) is 0. The molecule has 0 amide bonds. The summed E-state index contributed by atoms with van der Waals surface area (Å²) in [4.78, 5) is 5.76. The van der Waals surface area contributed by atoms with E-state index < -0.39 is 0 Å². The molecule has 2 heteroatoms. The van der Waals surface area contributed by atoms with Crippen molar-refractivity contribution >= 4 is 11.3 Å². The van der Waals surface area contributed by atoms with Crippen LogP contribution >= 0.6 is 11.3 Å². The maximum atomic E-state index is 4.46. The zero-order valence-corrected chi connectivity index (χ0v) is 12.4. The smallest absolute Gasteiger partial charge is 0.0903 e. The third kappa shape index (κ3) is 3.16. The third-order valence-corrected chi connectivity index (χ3v) is 3.79. The number of nitrogens with zero attached hydrogens (tertiary/aromatic N) is 1. The minimum absolute atomic E-state index is 1.14. The SMILES string of the molecule is CC.Cc1nc(C)c(-c2ccc(C)c(C)c2)s1. The Hall–Kier alpha value is -1.15. The molecule has 0 unspecified atom stereocenters. The number of thiazole rings is 1. The fraction of sp³-hybridized carbons (Fsp3) is 0.400. The van der Waals surface area contributed by atoms with Gasteiger partial charge in [0.15, 0.2) is 0 Å². The highest BCUT2D eigenvalue weighted by molar-refractivity contribution is 7.15. The van der Waals surface area contributed by atoms with Gasteiger partial charge in [0.05, 0.1) is 15.6 Å². The Kier molecular flexibility index (Phi) is 4.88. The lowest BCUT2D eigenvalue weighted by Gasteiger charge is -2.03. The normalized spacial score (nSPS) is 9.76. The van der Waals surface area contributed by atoms with E-state index in [0.717, 1.165) is 10.7 Å². The van der Waals surface area contributed by atoms with Crippen LogP contribution in [0.3, 0.4) is 0 Å². The van der Waals surface area contributed by atoms with E-state index in [1.54, 1.807) is 11.3 Å². The highest BCUT2D eigenvalue weighted by Gasteiger charge is 2.07. The number of rotatable bonds is 1. The first-order chi connectivity index (χ1) is 8.08. The van der Waals surface area contributed by atoms with Crippen molar-refractivity contribution in [1.29, 1.82) is 0 Å². The van der Waals surface area contributed by atoms with E-state index in [1.807, 2.05) is 13.8 Å². The van der Waals surface area contributed by atoms with Gasteiger partial charge in [0, 0.05) is 0 Å². The molecular weight excluding hydrogens is 226 g/mol. The molecule has 1 aromatic carbocycles. The molecule has 2 aromatic rings. The quantitative estimate of drug-likeness (QED) is 0.685. The molecule has 0 spiro atoms. The molecule has 0 fully saturated rings. The van der Waals surface area contributed by atoms with Crippen molar-refractivity contribution in [2.24, 2.45) is 0 Å². The van der Waals surface area contributed by atoms with E-state index in [2.05, 4.69) is 50.9 Å². The Balaban J connectivity index is 0.000000686. The van der Waals surface area contributed by atoms with Crippen LogP contribution in [-0.2, 0) is 0 Å². The van der Waals surface area contributed by atoms with Gasteiger partial charge in [-0.1, -0.05) is 32.0 Å². The lowest BCUT2D eigenvalue weighted by molar-refractivity contribution is 1.20. The van der Waals surface area contributed by atoms with Gasteiger partial charge in [-0.15, -0.1) is 11.3 Å². The minimum Gasteiger partial charge on any atom is -0.246 e. The predicted octanol–water partition coefficient (Wildman–Crippen LogP) is 5.07. The zero-order valence-electron chi connectivity index (χ0n) is 11.6. The minimum atomic E-state index is 1.14. The van der Waals surface area contributed by atoms with E-state index in [0.29, 0.717) is 0 Å². The topological polar surface area (TPSA) is 12.9 Å². The van der Waals surface area contributed by atoms with Gasteiger partial charge >= 0.3 is 0 Å². The maximum absolute atomic E-state index is 4.46. The van der Waals surface area contributed by atoms with Gasteiger partial charge < -0.3 is 0 Å². The fourth-order valence-electron chi connectivity index (χ4n) is 1.68. The van der Waals surface area contributed by atoms with Gasteiger partial charge in [-0.05, 0) is 44.4 Å². The molecule has 0 N–H and O–H groups in total. The van der Waals surface area contributed by atoms with Crippen molar-refractivity contribution in [3.8, 4) is 10.4 Å². The average molecular weight is 247 g/mol. The lowest BCUT2D eigenvalue weighted by Crippen LogP contribution is -1.83. The Morgan fingerprint density at radius 1 is 0.941 bits per heavy atom. The van der Waals surface area contributed by atoms with Gasteiger partial charge in [-0.2, -0.15) is 0 Å². The van der Waals surface area contributed by atoms with E-state index in [1.165, 1.54) is 21.6 Å². The molecule has 0 aliphatic rings. The van der Waals surface area contributed by atoms with E-state index in [-0.39, 0.29) is 0 Å². The van der Waals surface area contributed by atoms with Crippen molar-refractivity contribution in [2.45, 2.75) is 41.5 Å². The summed E-state index contributed by atoms with van der Waals surface area (Å²) in [5.41, 5.74) is 5.12. The first-order valence-corrected chi connectivity index (χ1v) is 6.91. The van der Waals surface area contributed by atoms with E-state index >= 15 is 0 Å². The Morgan fingerprint density at radius 2 is 1.59 bits per heavy atom. The summed E-state index contributed by atoms with van der Waals surface area (Å²) in [5, 5.41) is 1.14. The molecule has 0 aliphatic heterocycles. The van der Waals surface area contributed by atoms with Crippen molar-refractivity contribution in [1.82, 2.24) is 4.98 Å². The van der Waals surface area contributed by atoms with Gasteiger partial charge in [-0.3, -0.25) is 0 Å². The molecule has 0 aliphatic carbocycles. The zero-order chi connectivity index (χ0) is 13.0. The second-order valence-corrected chi connectivity index (χ2v) is 5.15. The number of hydrogen-bond acceptors (Lipinski definition) is 2. The standard InChI is InChI=1S/C13H15NS.C2H6/c1-8-5-6-12(7-9(8)2)13-10(3)14-11(4)15-13;1-2/h5-7H,1-4H3;1-2H3. The molecule has 1 heterocycles. The van der Waals surface area contributed by atoms with Crippen molar-refractivity contribution < 1.29 is 0 Å². The average Bonchev–Trinajstić information content (AvgIpc) is 2.65. The van der Waals surface area contributed by atoms with Crippen LogP contribution in [-0.4, -0.2) is 4.98 Å². The van der Waals surface area contributed by atoms with Crippen LogP contribution in [0.5, 0.6) is 0 Å². The van der Waals surface area contributed by atoms with Crippen LogP contribution < -0.4 is 0 Å². The second-order valence-electron chi connectivity index (χ2n) is 3.95. The molecule has 2 rings (SSSR count). The molecule has 1 aromatic heterocycles. The number of benzene rings is 1. The molecule has 1 nitrogen and oxygen atoms in total. The van der Waals surface area contributed by atoms with Crippen LogP contribution in [0.15, 0.2) is 18.2 Å². The Morgan fingerprint density at radius 3 is 2.06 bits per heavy atom. The molecular formula is C15H21NS. The van der Waals surface area contributed by atoms with E-state index in [4.69, 9.17) is 0 Å². The molecule has 0 radical (unpaired) electrons. The van der Waals surface area contributed by atoms with Crippen molar-refractivity contribution in [3.05, 3.63) is 40.0 Å². The van der Waals surface area contributed by atoms with Crippen molar-refractivity contribution in [3.63, 3.8) is 0 Å². The lowest BCUT2D eigenvalue weighted by atomic mass is 10.0. The molecule has 92 valence electrons. The first kappa shape index (κ1) is 13.9. The molecule has 0 atom stereocenters. The van der Waals surface area contributed by atoms with Gasteiger partial charge in [0.2, 0.25) is 0 Å². The summed E-state index contributed by atoms with van der Waals surface area (Å²) >= 11 is 1.77. The molecule has 0 saturated heterocycles. The summed E-state index contributed by atoms with van der Waals surface area (Å²) in [7, 11) is 0. The second kappa shape index (κ2) is 5.97. The highest BCUT2D eigenvalue weighted by atomic mass is 32.1. The van der Waals surface area contributed by atoms with Gasteiger partial charge in [0.25, 0.3) is 0 Å².